The van der Waals surface area contributed by atoms with E-state index < -0.39 is 0 Å². The monoisotopic (exact) mass is 257 g/mol. The Balaban J connectivity index is 2.03. The van der Waals surface area contributed by atoms with Crippen LogP contribution in [0.1, 0.15) is 27.7 Å². The number of hydrogen-bond donors (Lipinski definition) is 1. The lowest BCUT2D eigenvalue weighted by Gasteiger charge is -2.31. The van der Waals surface area contributed by atoms with Crippen LogP contribution in [0.4, 0.5) is 0 Å². The molecule has 1 aliphatic rings. The molecule has 4 nitrogen and oxygen atoms in total. The maximum atomic E-state index is 5.34. The Kier molecular flexibility index (Phi) is 7.82. The number of morpholine rings is 1. The van der Waals surface area contributed by atoms with Gasteiger partial charge in [0, 0.05) is 51.4 Å². The first-order chi connectivity index (χ1) is 8.61. The van der Waals surface area contributed by atoms with Crippen molar-refractivity contribution >= 4 is 0 Å². The lowest BCUT2D eigenvalue weighted by Crippen LogP contribution is -2.44. The zero-order chi connectivity index (χ0) is 13.4. The van der Waals surface area contributed by atoms with Gasteiger partial charge in [0.05, 0.1) is 13.2 Å². The van der Waals surface area contributed by atoms with Gasteiger partial charge >= 0.3 is 0 Å². The smallest absolute Gasteiger partial charge is 0.0594 e. The minimum atomic E-state index is 0.631. The van der Waals surface area contributed by atoms with E-state index in [-0.39, 0.29) is 0 Å². The molecule has 0 bridgehead atoms. The van der Waals surface area contributed by atoms with Crippen LogP contribution in [0.5, 0.6) is 0 Å². The molecule has 0 aromatic carbocycles. The first-order valence-corrected chi connectivity index (χ1v) is 7.38. The number of hydrogen-bond acceptors (Lipinski definition) is 4. The fourth-order valence-electron chi connectivity index (χ4n) is 2.51. The first-order valence-electron chi connectivity index (χ1n) is 7.38. The summed E-state index contributed by atoms with van der Waals surface area (Å²) in [6.07, 6.45) is 0. The maximum Gasteiger partial charge on any atom is 0.0594 e. The predicted octanol–water partition coefficient (Wildman–Crippen LogP) is 1.03. The van der Waals surface area contributed by atoms with Gasteiger partial charge in [-0.3, -0.25) is 9.80 Å². The third kappa shape index (κ3) is 6.14. The van der Waals surface area contributed by atoms with Gasteiger partial charge in [-0.1, -0.05) is 0 Å². The highest BCUT2D eigenvalue weighted by Crippen LogP contribution is 2.03. The highest BCUT2D eigenvalue weighted by atomic mass is 16.5. The Labute approximate surface area is 113 Å². The van der Waals surface area contributed by atoms with Crippen molar-refractivity contribution in [2.24, 2.45) is 0 Å². The van der Waals surface area contributed by atoms with Crippen molar-refractivity contribution in [3.63, 3.8) is 0 Å². The molecule has 1 aliphatic heterocycles. The molecular formula is C14H31N3O. The summed E-state index contributed by atoms with van der Waals surface area (Å²) < 4.78 is 5.34. The molecule has 0 saturated carbocycles. The van der Waals surface area contributed by atoms with E-state index >= 15 is 0 Å². The molecule has 1 fully saturated rings. The van der Waals surface area contributed by atoms with E-state index in [1.54, 1.807) is 0 Å². The Morgan fingerprint density at radius 2 is 1.67 bits per heavy atom. The summed E-state index contributed by atoms with van der Waals surface area (Å²) in [5, 5.41) is 3.55. The summed E-state index contributed by atoms with van der Waals surface area (Å²) in [6, 6.07) is 1.26. The summed E-state index contributed by atoms with van der Waals surface area (Å²) in [6.45, 7) is 17.5. The average molecular weight is 257 g/mol. The van der Waals surface area contributed by atoms with E-state index in [2.05, 4.69) is 42.8 Å². The fourth-order valence-corrected chi connectivity index (χ4v) is 2.51. The highest BCUT2D eigenvalue weighted by molar-refractivity contribution is 4.69. The van der Waals surface area contributed by atoms with Gasteiger partial charge in [0.2, 0.25) is 0 Å². The number of nitrogens with zero attached hydrogens (tertiary/aromatic N) is 2. The van der Waals surface area contributed by atoms with Crippen LogP contribution >= 0.6 is 0 Å². The molecule has 0 aliphatic carbocycles. The Bertz CT molecular complexity index is 195. The second-order valence-corrected chi connectivity index (χ2v) is 5.63. The molecule has 0 radical (unpaired) electrons. The number of ether oxygens (including phenoxy) is 1. The zero-order valence-electron chi connectivity index (χ0n) is 12.6. The SMILES string of the molecule is CC(C)N(CCNCCN1CCOCC1)C(C)C. The summed E-state index contributed by atoms with van der Waals surface area (Å²) >= 11 is 0. The molecule has 108 valence electrons. The third-order valence-corrected chi connectivity index (χ3v) is 3.58. The maximum absolute atomic E-state index is 5.34. The van der Waals surface area contributed by atoms with Crippen molar-refractivity contribution in [1.82, 2.24) is 15.1 Å². The Morgan fingerprint density at radius 1 is 1.06 bits per heavy atom. The topological polar surface area (TPSA) is 27.7 Å². The van der Waals surface area contributed by atoms with Crippen LogP contribution in [-0.2, 0) is 4.74 Å². The first kappa shape index (κ1) is 15.9. The minimum absolute atomic E-state index is 0.631. The van der Waals surface area contributed by atoms with Crippen LogP contribution in [0.3, 0.4) is 0 Å². The van der Waals surface area contributed by atoms with E-state index in [0.717, 1.165) is 52.5 Å². The molecule has 1 heterocycles. The Hall–Kier alpha value is -0.160. The largest absolute Gasteiger partial charge is 0.379 e. The van der Waals surface area contributed by atoms with Crippen molar-refractivity contribution in [3.05, 3.63) is 0 Å². The summed E-state index contributed by atoms with van der Waals surface area (Å²) in [5.41, 5.74) is 0. The predicted molar refractivity (Wildman–Crippen MR) is 77.1 cm³/mol. The molecule has 1 saturated heterocycles. The molecule has 0 atom stereocenters. The minimum Gasteiger partial charge on any atom is -0.379 e. The van der Waals surface area contributed by atoms with E-state index in [4.69, 9.17) is 4.74 Å². The van der Waals surface area contributed by atoms with Gasteiger partial charge in [-0.05, 0) is 27.7 Å². The van der Waals surface area contributed by atoms with E-state index in [9.17, 15) is 0 Å². The van der Waals surface area contributed by atoms with Crippen molar-refractivity contribution in [3.8, 4) is 0 Å². The van der Waals surface area contributed by atoms with Gasteiger partial charge in [-0.15, -0.1) is 0 Å². The Morgan fingerprint density at radius 3 is 2.22 bits per heavy atom. The molecule has 1 N–H and O–H groups in total. The van der Waals surface area contributed by atoms with Gasteiger partial charge in [0.25, 0.3) is 0 Å². The van der Waals surface area contributed by atoms with Crippen LogP contribution in [0.25, 0.3) is 0 Å². The highest BCUT2D eigenvalue weighted by Gasteiger charge is 2.12. The normalized spacial score (nSPS) is 18.2. The van der Waals surface area contributed by atoms with E-state index in [0.29, 0.717) is 12.1 Å². The molecule has 0 spiro atoms. The molecule has 0 aromatic heterocycles. The standard InChI is InChI=1S/C14H31N3O/c1-13(2)17(14(3)4)8-6-15-5-7-16-9-11-18-12-10-16/h13-15H,5-12H2,1-4H3. The van der Waals surface area contributed by atoms with Crippen molar-refractivity contribution in [2.45, 2.75) is 39.8 Å². The van der Waals surface area contributed by atoms with E-state index in [1.165, 1.54) is 0 Å². The van der Waals surface area contributed by atoms with Gasteiger partial charge in [-0.25, -0.2) is 0 Å². The zero-order valence-corrected chi connectivity index (χ0v) is 12.6. The summed E-state index contributed by atoms with van der Waals surface area (Å²) in [4.78, 5) is 5.00. The van der Waals surface area contributed by atoms with Gasteiger partial charge in [0.1, 0.15) is 0 Å². The second-order valence-electron chi connectivity index (χ2n) is 5.63. The second kappa shape index (κ2) is 8.86. The van der Waals surface area contributed by atoms with Crippen LogP contribution in [-0.4, -0.2) is 74.4 Å². The van der Waals surface area contributed by atoms with Crippen molar-refractivity contribution < 1.29 is 4.74 Å². The van der Waals surface area contributed by atoms with E-state index in [1.807, 2.05) is 0 Å². The number of nitrogens with one attached hydrogen (secondary N) is 1. The van der Waals surface area contributed by atoms with Crippen LogP contribution in [0.2, 0.25) is 0 Å². The number of rotatable bonds is 8. The van der Waals surface area contributed by atoms with Crippen LogP contribution in [0.15, 0.2) is 0 Å². The molecule has 0 unspecified atom stereocenters. The molecule has 0 aromatic rings. The third-order valence-electron chi connectivity index (χ3n) is 3.58. The molecule has 18 heavy (non-hydrogen) atoms. The van der Waals surface area contributed by atoms with Crippen molar-refractivity contribution in [2.75, 3.05) is 52.5 Å². The summed E-state index contributed by atoms with van der Waals surface area (Å²) in [7, 11) is 0. The molecule has 1 rings (SSSR count). The molecular weight excluding hydrogens is 226 g/mol. The van der Waals surface area contributed by atoms with Crippen LogP contribution < -0.4 is 5.32 Å². The quantitative estimate of drug-likeness (QED) is 0.657. The summed E-state index contributed by atoms with van der Waals surface area (Å²) in [5.74, 6) is 0. The lowest BCUT2D eigenvalue weighted by atomic mass is 10.2. The fraction of sp³-hybridized carbons (Fsp3) is 1.00. The van der Waals surface area contributed by atoms with Crippen LogP contribution in [0, 0.1) is 0 Å². The molecule has 0 amide bonds. The van der Waals surface area contributed by atoms with Gasteiger partial charge < -0.3 is 10.1 Å². The lowest BCUT2D eigenvalue weighted by molar-refractivity contribution is 0.0383. The molecule has 4 heteroatoms. The van der Waals surface area contributed by atoms with Crippen molar-refractivity contribution in [1.29, 1.82) is 0 Å². The van der Waals surface area contributed by atoms with Gasteiger partial charge in [0.15, 0.2) is 0 Å². The van der Waals surface area contributed by atoms with Gasteiger partial charge in [-0.2, -0.15) is 0 Å². The average Bonchev–Trinajstić information content (AvgIpc) is 2.34.